The van der Waals surface area contributed by atoms with E-state index < -0.39 is 0 Å². The molecule has 0 aliphatic carbocycles. The number of nitrogens with zero attached hydrogens (tertiary/aromatic N) is 1. The van der Waals surface area contributed by atoms with Gasteiger partial charge in [-0.25, -0.2) is 4.98 Å². The van der Waals surface area contributed by atoms with Gasteiger partial charge in [-0.05, 0) is 12.1 Å². The lowest BCUT2D eigenvalue weighted by atomic mass is 10.1. The zero-order valence-corrected chi connectivity index (χ0v) is 9.56. The van der Waals surface area contributed by atoms with Crippen molar-refractivity contribution in [3.63, 3.8) is 0 Å². The minimum atomic E-state index is -0.231. The van der Waals surface area contributed by atoms with Gasteiger partial charge in [-0.3, -0.25) is 4.79 Å². The Labute approximate surface area is 98.4 Å². The quantitative estimate of drug-likeness (QED) is 0.814. The van der Waals surface area contributed by atoms with Gasteiger partial charge in [0.1, 0.15) is 0 Å². The molecule has 0 amide bonds. The Morgan fingerprint density at radius 3 is 2.71 bits per heavy atom. The van der Waals surface area contributed by atoms with Crippen molar-refractivity contribution in [2.75, 3.05) is 14.2 Å². The monoisotopic (exact) mass is 232 g/mol. The van der Waals surface area contributed by atoms with Crippen LogP contribution in [-0.2, 0) is 0 Å². The summed E-state index contributed by atoms with van der Waals surface area (Å²) in [5, 5.41) is 0. The number of ketones is 1. The number of nitrogens with one attached hydrogen (secondary N) is 1. The topological polar surface area (TPSA) is 64.2 Å². The van der Waals surface area contributed by atoms with Crippen LogP contribution in [0.15, 0.2) is 30.6 Å². The first-order valence-electron chi connectivity index (χ1n) is 5.03. The summed E-state index contributed by atoms with van der Waals surface area (Å²) < 4.78 is 10.3. The molecule has 0 bridgehead atoms. The summed E-state index contributed by atoms with van der Waals surface area (Å²) >= 11 is 0. The van der Waals surface area contributed by atoms with Crippen molar-refractivity contribution >= 4 is 5.78 Å². The van der Waals surface area contributed by atoms with Crippen molar-refractivity contribution in [3.8, 4) is 11.5 Å². The molecule has 88 valence electrons. The summed E-state index contributed by atoms with van der Waals surface area (Å²) in [5.41, 5.74) is 0.418. The van der Waals surface area contributed by atoms with E-state index in [9.17, 15) is 4.79 Å². The van der Waals surface area contributed by atoms with E-state index in [2.05, 4.69) is 9.97 Å². The van der Waals surface area contributed by atoms with Gasteiger partial charge in [0.15, 0.2) is 17.3 Å². The number of aromatic nitrogens is 2. The van der Waals surface area contributed by atoms with E-state index >= 15 is 0 Å². The van der Waals surface area contributed by atoms with Gasteiger partial charge in [-0.1, -0.05) is 6.07 Å². The predicted octanol–water partition coefficient (Wildman–Crippen LogP) is 1.66. The average Bonchev–Trinajstić information content (AvgIpc) is 2.90. The molecule has 0 aliphatic heterocycles. The molecular weight excluding hydrogens is 220 g/mol. The van der Waals surface area contributed by atoms with Crippen LogP contribution in [0.3, 0.4) is 0 Å². The zero-order chi connectivity index (χ0) is 12.3. The van der Waals surface area contributed by atoms with Crippen LogP contribution in [0.1, 0.15) is 16.2 Å². The second-order valence-corrected chi connectivity index (χ2v) is 3.31. The second-order valence-electron chi connectivity index (χ2n) is 3.31. The normalized spacial score (nSPS) is 10.0. The molecule has 0 fully saturated rings. The molecule has 1 aromatic carbocycles. The van der Waals surface area contributed by atoms with Gasteiger partial charge in [0.25, 0.3) is 0 Å². The zero-order valence-electron chi connectivity index (χ0n) is 9.56. The number of hydrogen-bond donors (Lipinski definition) is 1. The molecule has 0 radical (unpaired) electrons. The molecule has 0 saturated heterocycles. The number of rotatable bonds is 4. The van der Waals surface area contributed by atoms with Crippen molar-refractivity contribution < 1.29 is 14.3 Å². The summed E-state index contributed by atoms with van der Waals surface area (Å²) in [7, 11) is 3.02. The SMILES string of the molecule is COc1cccc(C(=O)c2ncc[nH]2)c1OC. The van der Waals surface area contributed by atoms with Gasteiger partial charge in [-0.15, -0.1) is 0 Å². The lowest BCUT2D eigenvalue weighted by Crippen LogP contribution is -2.06. The molecule has 1 heterocycles. The van der Waals surface area contributed by atoms with Crippen LogP contribution in [0.25, 0.3) is 0 Å². The first-order chi connectivity index (χ1) is 8.27. The number of ether oxygens (including phenoxy) is 2. The number of aromatic amines is 1. The van der Waals surface area contributed by atoms with E-state index in [1.54, 1.807) is 24.4 Å². The fourth-order valence-electron chi connectivity index (χ4n) is 1.58. The highest BCUT2D eigenvalue weighted by Gasteiger charge is 2.19. The van der Waals surface area contributed by atoms with Crippen molar-refractivity contribution in [1.82, 2.24) is 9.97 Å². The van der Waals surface area contributed by atoms with Crippen LogP contribution < -0.4 is 9.47 Å². The summed E-state index contributed by atoms with van der Waals surface area (Å²) in [6.45, 7) is 0. The van der Waals surface area contributed by atoms with E-state index in [0.717, 1.165) is 0 Å². The Balaban J connectivity index is 2.48. The van der Waals surface area contributed by atoms with Crippen LogP contribution in [0.2, 0.25) is 0 Å². The summed E-state index contributed by atoms with van der Waals surface area (Å²) in [4.78, 5) is 18.8. The summed E-state index contributed by atoms with van der Waals surface area (Å²) in [6, 6.07) is 5.14. The van der Waals surface area contributed by atoms with Gasteiger partial charge >= 0.3 is 0 Å². The standard InChI is InChI=1S/C12H12N2O3/c1-16-9-5-3-4-8(11(9)17-2)10(15)12-13-6-7-14-12/h3-7H,1-2H3,(H,13,14). The van der Waals surface area contributed by atoms with Crippen LogP contribution >= 0.6 is 0 Å². The number of hydrogen-bond acceptors (Lipinski definition) is 4. The molecule has 1 aromatic heterocycles. The molecule has 5 nitrogen and oxygen atoms in total. The van der Waals surface area contributed by atoms with Gasteiger partial charge in [-0.2, -0.15) is 0 Å². The number of methoxy groups -OCH3 is 2. The molecule has 0 saturated carbocycles. The number of carbonyl (C=O) groups excluding carboxylic acids is 1. The lowest BCUT2D eigenvalue weighted by Gasteiger charge is -2.10. The lowest BCUT2D eigenvalue weighted by molar-refractivity contribution is 0.102. The molecule has 0 aliphatic rings. The minimum Gasteiger partial charge on any atom is -0.493 e. The van der Waals surface area contributed by atoms with Crippen LogP contribution in [0, 0.1) is 0 Å². The maximum Gasteiger partial charge on any atom is 0.232 e. The summed E-state index contributed by atoms with van der Waals surface area (Å²) in [6.07, 6.45) is 3.12. The number of para-hydroxylation sites is 1. The van der Waals surface area contributed by atoms with E-state index in [-0.39, 0.29) is 11.6 Å². The van der Waals surface area contributed by atoms with Crippen LogP contribution in [0.4, 0.5) is 0 Å². The van der Waals surface area contributed by atoms with Gasteiger partial charge in [0.2, 0.25) is 5.78 Å². The molecule has 1 N–H and O–H groups in total. The third-order valence-electron chi connectivity index (χ3n) is 2.36. The van der Waals surface area contributed by atoms with Crippen LogP contribution in [0.5, 0.6) is 11.5 Å². The highest BCUT2D eigenvalue weighted by Crippen LogP contribution is 2.31. The highest BCUT2D eigenvalue weighted by atomic mass is 16.5. The molecule has 5 heteroatoms. The van der Waals surface area contributed by atoms with Crippen LogP contribution in [-0.4, -0.2) is 30.0 Å². The maximum atomic E-state index is 12.1. The predicted molar refractivity (Wildman–Crippen MR) is 61.6 cm³/mol. The average molecular weight is 232 g/mol. The molecule has 0 unspecified atom stereocenters. The Kier molecular flexibility index (Phi) is 3.09. The third kappa shape index (κ3) is 1.99. The number of benzene rings is 1. The Hall–Kier alpha value is -2.30. The van der Waals surface area contributed by atoms with Crippen molar-refractivity contribution in [1.29, 1.82) is 0 Å². The van der Waals surface area contributed by atoms with E-state index in [0.29, 0.717) is 17.1 Å². The molecule has 0 spiro atoms. The third-order valence-corrected chi connectivity index (χ3v) is 2.36. The van der Waals surface area contributed by atoms with Gasteiger partial charge in [0.05, 0.1) is 19.8 Å². The Morgan fingerprint density at radius 2 is 2.12 bits per heavy atom. The smallest absolute Gasteiger partial charge is 0.232 e. The fourth-order valence-corrected chi connectivity index (χ4v) is 1.58. The first kappa shape index (κ1) is 11.2. The molecule has 2 rings (SSSR count). The molecule has 17 heavy (non-hydrogen) atoms. The highest BCUT2D eigenvalue weighted by molar-refractivity contribution is 6.08. The van der Waals surface area contributed by atoms with E-state index in [1.165, 1.54) is 20.4 Å². The number of carbonyl (C=O) groups is 1. The van der Waals surface area contributed by atoms with Gasteiger partial charge < -0.3 is 14.5 Å². The Bertz CT molecular complexity index is 521. The number of H-pyrrole nitrogens is 1. The Morgan fingerprint density at radius 1 is 1.29 bits per heavy atom. The molecular formula is C12H12N2O3. The first-order valence-corrected chi connectivity index (χ1v) is 5.03. The van der Waals surface area contributed by atoms with Gasteiger partial charge in [0, 0.05) is 12.4 Å². The number of imidazole rings is 1. The molecule has 2 aromatic rings. The fraction of sp³-hybridized carbons (Fsp3) is 0.167. The van der Waals surface area contributed by atoms with E-state index in [1.807, 2.05) is 0 Å². The van der Waals surface area contributed by atoms with Crippen molar-refractivity contribution in [2.24, 2.45) is 0 Å². The van der Waals surface area contributed by atoms with Crippen molar-refractivity contribution in [3.05, 3.63) is 42.0 Å². The van der Waals surface area contributed by atoms with Crippen molar-refractivity contribution in [2.45, 2.75) is 0 Å². The molecule has 0 atom stereocenters. The van der Waals surface area contributed by atoms with E-state index in [4.69, 9.17) is 9.47 Å². The second kappa shape index (κ2) is 4.69. The largest absolute Gasteiger partial charge is 0.493 e. The maximum absolute atomic E-state index is 12.1. The minimum absolute atomic E-state index is 0.231. The summed E-state index contributed by atoms with van der Waals surface area (Å²) in [5.74, 6) is 0.976.